The number of pyridine rings is 1. The van der Waals surface area contributed by atoms with Crippen molar-refractivity contribution in [3.05, 3.63) is 48.5 Å². The van der Waals surface area contributed by atoms with Gasteiger partial charge >= 0.3 is 0 Å². The topological polar surface area (TPSA) is 67.5 Å². The van der Waals surface area contributed by atoms with E-state index in [1.807, 2.05) is 56.3 Å². The Morgan fingerprint density at radius 1 is 1.08 bits per heavy atom. The minimum Gasteiger partial charge on any atom is -0.490 e. The first-order valence-electron chi connectivity index (χ1n) is 8.31. The Morgan fingerprint density at radius 3 is 2.52 bits per heavy atom. The highest BCUT2D eigenvalue weighted by molar-refractivity contribution is 7.85. The van der Waals surface area contributed by atoms with Crippen molar-refractivity contribution in [2.45, 2.75) is 32.9 Å². The molecule has 1 heterocycles. The van der Waals surface area contributed by atoms with E-state index in [1.54, 1.807) is 0 Å². The van der Waals surface area contributed by atoms with Crippen molar-refractivity contribution in [2.75, 3.05) is 5.75 Å². The lowest BCUT2D eigenvalue weighted by Gasteiger charge is -2.13. The van der Waals surface area contributed by atoms with Gasteiger partial charge in [0.1, 0.15) is 5.75 Å². The lowest BCUT2D eigenvalue weighted by molar-refractivity contribution is -0.645. The SMILES string of the molecule is CC(C)Oc1cccc2c1cc1ccccc1[n+]2CCCS(=O)(=O)O. The fourth-order valence-electron chi connectivity index (χ4n) is 3.06. The van der Waals surface area contributed by atoms with Crippen molar-refractivity contribution >= 4 is 31.9 Å². The Labute approximate surface area is 147 Å². The molecule has 3 rings (SSSR count). The number of rotatable bonds is 6. The number of ether oxygens (including phenoxy) is 1. The zero-order valence-electron chi connectivity index (χ0n) is 14.3. The van der Waals surface area contributed by atoms with Gasteiger partial charge in [-0.1, -0.05) is 18.2 Å². The standard InChI is InChI=1S/C19H21NO4S/c1-14(2)24-19-10-5-9-18-16(19)13-15-7-3-4-8-17(15)20(18)11-6-12-25(21,22)23/h3-5,7-10,13-14H,6,11-12H2,1-2H3/p+1. The molecule has 1 aromatic heterocycles. The van der Waals surface area contributed by atoms with Crippen LogP contribution >= 0.6 is 0 Å². The molecule has 0 aliphatic rings. The molecule has 6 heteroatoms. The number of nitrogens with zero attached hydrogens (tertiary/aromatic N) is 1. The molecule has 3 aromatic rings. The number of benzene rings is 2. The van der Waals surface area contributed by atoms with E-state index in [2.05, 4.69) is 10.6 Å². The third-order valence-electron chi connectivity index (χ3n) is 4.01. The quantitative estimate of drug-likeness (QED) is 0.416. The van der Waals surface area contributed by atoms with Gasteiger partial charge in [0.2, 0.25) is 11.0 Å². The van der Waals surface area contributed by atoms with Crippen LogP contribution in [0.25, 0.3) is 21.8 Å². The van der Waals surface area contributed by atoms with Crippen molar-refractivity contribution in [1.82, 2.24) is 0 Å². The molecule has 1 N–H and O–H groups in total. The van der Waals surface area contributed by atoms with E-state index in [4.69, 9.17) is 9.29 Å². The van der Waals surface area contributed by atoms with Crippen LogP contribution in [0.2, 0.25) is 0 Å². The van der Waals surface area contributed by atoms with Gasteiger partial charge in [-0.05, 0) is 32.0 Å². The molecule has 132 valence electrons. The highest BCUT2D eigenvalue weighted by Gasteiger charge is 2.18. The van der Waals surface area contributed by atoms with Crippen LogP contribution in [-0.2, 0) is 16.7 Å². The van der Waals surface area contributed by atoms with Crippen LogP contribution in [0.4, 0.5) is 0 Å². The largest absolute Gasteiger partial charge is 0.490 e. The maximum absolute atomic E-state index is 11.1. The second-order valence-corrected chi connectivity index (χ2v) is 7.92. The van der Waals surface area contributed by atoms with E-state index >= 15 is 0 Å². The molecule has 0 fully saturated rings. The summed E-state index contributed by atoms with van der Waals surface area (Å²) in [6, 6.07) is 16.0. The first-order chi connectivity index (χ1) is 11.8. The monoisotopic (exact) mass is 360 g/mol. The zero-order valence-corrected chi connectivity index (χ0v) is 15.2. The second kappa shape index (κ2) is 6.98. The van der Waals surface area contributed by atoms with Gasteiger partial charge in [-0.25, -0.2) is 0 Å². The van der Waals surface area contributed by atoms with Crippen LogP contribution in [-0.4, -0.2) is 24.8 Å². The Balaban J connectivity index is 2.16. The van der Waals surface area contributed by atoms with E-state index in [0.29, 0.717) is 13.0 Å². The summed E-state index contributed by atoms with van der Waals surface area (Å²) in [5.41, 5.74) is 2.00. The Kier molecular flexibility index (Phi) is 4.92. The van der Waals surface area contributed by atoms with Crippen LogP contribution in [0.5, 0.6) is 5.75 Å². The third kappa shape index (κ3) is 4.08. The summed E-state index contributed by atoms with van der Waals surface area (Å²) in [6.07, 6.45) is 0.395. The summed E-state index contributed by atoms with van der Waals surface area (Å²) in [5.74, 6) is 0.550. The molecule has 0 saturated carbocycles. The number of fused-ring (bicyclic) bond motifs is 2. The minimum atomic E-state index is -3.96. The van der Waals surface area contributed by atoms with Gasteiger partial charge in [0, 0.05) is 23.9 Å². The van der Waals surface area contributed by atoms with Gasteiger partial charge in [-0.15, -0.1) is 0 Å². The molecule has 0 atom stereocenters. The van der Waals surface area contributed by atoms with Crippen molar-refractivity contribution < 1.29 is 22.3 Å². The van der Waals surface area contributed by atoms with Crippen molar-refractivity contribution in [2.24, 2.45) is 0 Å². The number of aromatic nitrogens is 1. The van der Waals surface area contributed by atoms with Gasteiger partial charge < -0.3 is 4.74 Å². The van der Waals surface area contributed by atoms with E-state index in [0.717, 1.165) is 27.6 Å². The predicted molar refractivity (Wildman–Crippen MR) is 98.4 cm³/mol. The van der Waals surface area contributed by atoms with Gasteiger partial charge in [0.25, 0.3) is 10.1 Å². The lowest BCUT2D eigenvalue weighted by Crippen LogP contribution is -2.36. The normalized spacial score (nSPS) is 12.2. The molecular formula is C19H22NO4S+. The highest BCUT2D eigenvalue weighted by Crippen LogP contribution is 2.27. The Hall–Kier alpha value is -2.18. The molecular weight excluding hydrogens is 338 g/mol. The van der Waals surface area contributed by atoms with Crippen molar-refractivity contribution in [3.63, 3.8) is 0 Å². The predicted octanol–water partition coefficient (Wildman–Crippen LogP) is 3.35. The van der Waals surface area contributed by atoms with Gasteiger partial charge in [0.15, 0.2) is 6.54 Å². The van der Waals surface area contributed by atoms with Crippen LogP contribution in [0.1, 0.15) is 20.3 Å². The summed E-state index contributed by atoms with van der Waals surface area (Å²) in [5, 5.41) is 2.04. The first-order valence-corrected chi connectivity index (χ1v) is 9.92. The molecule has 2 aromatic carbocycles. The van der Waals surface area contributed by atoms with Crippen molar-refractivity contribution in [1.29, 1.82) is 0 Å². The van der Waals surface area contributed by atoms with E-state index in [1.165, 1.54) is 0 Å². The Bertz CT molecular complexity index is 1010. The molecule has 0 saturated heterocycles. The zero-order chi connectivity index (χ0) is 18.0. The molecule has 0 amide bonds. The molecule has 5 nitrogen and oxygen atoms in total. The maximum Gasteiger partial charge on any atom is 0.265 e. The average molecular weight is 360 g/mol. The summed E-state index contributed by atoms with van der Waals surface area (Å²) in [6.45, 7) is 4.46. The first kappa shape index (κ1) is 17.6. The second-order valence-electron chi connectivity index (χ2n) is 6.35. The van der Waals surface area contributed by atoms with E-state index in [-0.39, 0.29) is 11.9 Å². The van der Waals surface area contributed by atoms with Gasteiger partial charge in [0.05, 0.1) is 17.2 Å². The minimum absolute atomic E-state index is 0.0602. The summed E-state index contributed by atoms with van der Waals surface area (Å²) < 4.78 is 39.1. The molecule has 0 spiro atoms. The average Bonchev–Trinajstić information content (AvgIpc) is 2.53. The fraction of sp³-hybridized carbons (Fsp3) is 0.316. The smallest absolute Gasteiger partial charge is 0.265 e. The molecule has 0 aliphatic heterocycles. The highest BCUT2D eigenvalue weighted by atomic mass is 32.2. The number of hydrogen-bond acceptors (Lipinski definition) is 3. The summed E-state index contributed by atoms with van der Waals surface area (Å²) in [7, 11) is -3.96. The third-order valence-corrected chi connectivity index (χ3v) is 4.81. The van der Waals surface area contributed by atoms with Gasteiger partial charge in [-0.3, -0.25) is 4.55 Å². The molecule has 0 bridgehead atoms. The summed E-state index contributed by atoms with van der Waals surface area (Å²) in [4.78, 5) is 0. The number of hydrogen-bond donors (Lipinski definition) is 1. The molecule has 25 heavy (non-hydrogen) atoms. The molecule has 0 aliphatic carbocycles. The van der Waals surface area contributed by atoms with Crippen LogP contribution in [0, 0.1) is 0 Å². The number of aryl methyl sites for hydroxylation is 1. The summed E-state index contributed by atoms with van der Waals surface area (Å²) >= 11 is 0. The molecule has 0 radical (unpaired) electrons. The van der Waals surface area contributed by atoms with E-state index < -0.39 is 10.1 Å². The van der Waals surface area contributed by atoms with Crippen LogP contribution < -0.4 is 9.30 Å². The lowest BCUT2D eigenvalue weighted by atomic mass is 10.1. The van der Waals surface area contributed by atoms with Gasteiger partial charge in [-0.2, -0.15) is 13.0 Å². The number of para-hydroxylation sites is 1. The van der Waals surface area contributed by atoms with Crippen molar-refractivity contribution in [3.8, 4) is 5.75 Å². The van der Waals surface area contributed by atoms with E-state index in [9.17, 15) is 8.42 Å². The molecule has 0 unspecified atom stereocenters. The van der Waals surface area contributed by atoms with Crippen LogP contribution in [0.3, 0.4) is 0 Å². The van der Waals surface area contributed by atoms with Crippen LogP contribution in [0.15, 0.2) is 48.5 Å². The Morgan fingerprint density at radius 2 is 1.80 bits per heavy atom. The fourth-order valence-corrected chi connectivity index (χ4v) is 3.55. The maximum atomic E-state index is 11.1.